The molecule has 162 valence electrons. The highest BCUT2D eigenvalue weighted by Crippen LogP contribution is 2.32. The van der Waals surface area contributed by atoms with Crippen LogP contribution in [0.1, 0.15) is 21.5 Å². The van der Waals surface area contributed by atoms with Gasteiger partial charge < -0.3 is 25.3 Å². The van der Waals surface area contributed by atoms with Crippen LogP contribution in [0.5, 0.6) is 11.5 Å². The minimum absolute atomic E-state index is 0.128. The van der Waals surface area contributed by atoms with E-state index in [0.717, 1.165) is 46.7 Å². The number of fused-ring (bicyclic) bond motifs is 1. The highest BCUT2D eigenvalue weighted by Gasteiger charge is 2.37. The van der Waals surface area contributed by atoms with Crippen LogP contribution in [0, 0.1) is 5.41 Å². The van der Waals surface area contributed by atoms with Gasteiger partial charge in [-0.25, -0.2) is 0 Å². The van der Waals surface area contributed by atoms with Crippen molar-refractivity contribution in [1.29, 1.82) is 5.41 Å². The Kier molecular flexibility index (Phi) is 5.11. The monoisotopic (exact) mass is 427 g/mol. The number of benzene rings is 2. The third-order valence-electron chi connectivity index (χ3n) is 6.14. The number of hydrogen-bond donors (Lipinski definition) is 2. The molecule has 2 aromatic carbocycles. The lowest BCUT2D eigenvalue weighted by Gasteiger charge is -2.41. The molecule has 0 spiro atoms. The zero-order valence-electron chi connectivity index (χ0n) is 18.1. The molecule has 0 saturated carbocycles. The maximum atomic E-state index is 12.8. The summed E-state index contributed by atoms with van der Waals surface area (Å²) in [6.45, 7) is 2.52. The molecule has 7 heteroatoms. The van der Waals surface area contributed by atoms with Crippen LogP contribution in [0.15, 0.2) is 54.7 Å². The topological polar surface area (TPSA) is 81.6 Å². The van der Waals surface area contributed by atoms with Gasteiger partial charge in [0, 0.05) is 73.6 Å². The first-order valence-electron chi connectivity index (χ1n) is 10.6. The third kappa shape index (κ3) is 3.61. The van der Waals surface area contributed by atoms with Crippen molar-refractivity contribution < 1.29 is 9.53 Å². The van der Waals surface area contributed by atoms with Gasteiger partial charge in [0.15, 0.2) is 0 Å². The molecule has 0 radical (unpaired) electrons. The van der Waals surface area contributed by atoms with E-state index in [0.29, 0.717) is 24.1 Å². The molecule has 0 aliphatic carbocycles. The number of anilines is 1. The average Bonchev–Trinajstić information content (AvgIpc) is 3.12. The normalized spacial score (nSPS) is 15.9. The van der Waals surface area contributed by atoms with Gasteiger partial charge in [-0.2, -0.15) is 0 Å². The number of carbonyl (C=O) groups excluding carboxylic acids is 1. The second kappa shape index (κ2) is 8.09. The molecule has 1 saturated heterocycles. The quantitative estimate of drug-likeness (QED) is 0.584. The second-order valence-electron chi connectivity index (χ2n) is 8.30. The van der Waals surface area contributed by atoms with E-state index in [2.05, 4.69) is 28.3 Å². The van der Waals surface area contributed by atoms with E-state index in [1.807, 2.05) is 54.4 Å². The Morgan fingerprint density at radius 2 is 1.94 bits per heavy atom. The summed E-state index contributed by atoms with van der Waals surface area (Å²) in [4.78, 5) is 21.5. The minimum Gasteiger partial charge on any atom is -0.457 e. The molecule has 2 aliphatic heterocycles. The van der Waals surface area contributed by atoms with Crippen LogP contribution < -0.4 is 10.1 Å². The highest BCUT2D eigenvalue weighted by molar-refractivity contribution is 5.99. The molecule has 0 unspecified atom stereocenters. The maximum Gasteiger partial charge on any atom is 0.254 e. The van der Waals surface area contributed by atoms with Crippen molar-refractivity contribution in [2.24, 2.45) is 0 Å². The average molecular weight is 428 g/mol. The van der Waals surface area contributed by atoms with Gasteiger partial charge in [0.05, 0.1) is 11.7 Å². The van der Waals surface area contributed by atoms with Crippen molar-refractivity contribution in [3.05, 3.63) is 71.4 Å². The number of rotatable bonds is 6. The Balaban J connectivity index is 1.37. The summed E-state index contributed by atoms with van der Waals surface area (Å²) in [6.07, 6.45) is 3.04. The first-order chi connectivity index (χ1) is 15.6. The van der Waals surface area contributed by atoms with Crippen molar-refractivity contribution in [2.45, 2.75) is 12.6 Å². The number of hydrogen-bond acceptors (Lipinski definition) is 6. The zero-order chi connectivity index (χ0) is 22.2. The maximum absolute atomic E-state index is 12.8. The second-order valence-corrected chi connectivity index (χ2v) is 8.30. The Morgan fingerprint density at radius 1 is 1.12 bits per heavy atom. The molecule has 3 aromatic rings. The molecule has 0 atom stereocenters. The van der Waals surface area contributed by atoms with E-state index < -0.39 is 0 Å². The summed E-state index contributed by atoms with van der Waals surface area (Å²) in [5.74, 6) is 1.48. The van der Waals surface area contributed by atoms with Crippen molar-refractivity contribution >= 4 is 17.8 Å². The molecule has 3 heterocycles. The standard InChI is InChI=1S/C25H25N5O2/c1-27-23-10-20(5-3-17(23)12-26)32-21-7-8-28-24(11-21)16-4-6-22-18(9-16)13-30(25(22)31)19-14-29(2)15-19/h3-12,19,26-27H,13-15H2,1-2H3. The largest absolute Gasteiger partial charge is 0.457 e. The predicted molar refractivity (Wildman–Crippen MR) is 125 cm³/mol. The van der Waals surface area contributed by atoms with Crippen LogP contribution in [0.2, 0.25) is 0 Å². The van der Waals surface area contributed by atoms with E-state index in [9.17, 15) is 4.79 Å². The van der Waals surface area contributed by atoms with Crippen LogP contribution in [-0.4, -0.2) is 60.1 Å². The van der Waals surface area contributed by atoms with E-state index in [4.69, 9.17) is 10.1 Å². The zero-order valence-corrected chi connectivity index (χ0v) is 18.1. The number of amides is 1. The lowest BCUT2D eigenvalue weighted by atomic mass is 10.0. The van der Waals surface area contributed by atoms with Crippen LogP contribution in [-0.2, 0) is 6.54 Å². The fraction of sp³-hybridized carbons (Fsp3) is 0.240. The van der Waals surface area contributed by atoms with Crippen molar-refractivity contribution in [3.8, 4) is 22.8 Å². The predicted octanol–water partition coefficient (Wildman–Crippen LogP) is 3.85. The highest BCUT2D eigenvalue weighted by atomic mass is 16.5. The molecule has 1 amide bonds. The van der Waals surface area contributed by atoms with Gasteiger partial charge in [0.1, 0.15) is 11.5 Å². The fourth-order valence-electron chi connectivity index (χ4n) is 4.37. The van der Waals surface area contributed by atoms with Gasteiger partial charge in [-0.05, 0) is 42.9 Å². The molecule has 2 N–H and O–H groups in total. The van der Waals surface area contributed by atoms with Gasteiger partial charge in [-0.1, -0.05) is 6.07 Å². The van der Waals surface area contributed by atoms with Crippen molar-refractivity contribution in [3.63, 3.8) is 0 Å². The van der Waals surface area contributed by atoms with Crippen molar-refractivity contribution in [2.75, 3.05) is 32.5 Å². The summed E-state index contributed by atoms with van der Waals surface area (Å²) in [7, 11) is 3.89. The molecule has 5 rings (SSSR count). The van der Waals surface area contributed by atoms with Crippen LogP contribution in [0.3, 0.4) is 0 Å². The van der Waals surface area contributed by atoms with Gasteiger partial charge in [-0.3, -0.25) is 9.78 Å². The number of nitrogens with one attached hydrogen (secondary N) is 2. The van der Waals surface area contributed by atoms with Gasteiger partial charge in [-0.15, -0.1) is 0 Å². The van der Waals surface area contributed by atoms with E-state index in [-0.39, 0.29) is 5.91 Å². The third-order valence-corrected chi connectivity index (χ3v) is 6.14. The van der Waals surface area contributed by atoms with Gasteiger partial charge in [0.2, 0.25) is 0 Å². The molecule has 32 heavy (non-hydrogen) atoms. The number of likely N-dealkylation sites (tertiary alicyclic amines) is 1. The molecule has 0 bridgehead atoms. The van der Waals surface area contributed by atoms with E-state index in [1.165, 1.54) is 6.21 Å². The number of likely N-dealkylation sites (N-methyl/N-ethyl adjacent to an activating group) is 1. The lowest BCUT2D eigenvalue weighted by Crippen LogP contribution is -2.57. The number of ether oxygens (including phenoxy) is 1. The molecule has 1 aromatic heterocycles. The summed E-state index contributed by atoms with van der Waals surface area (Å²) in [5, 5.41) is 10.6. The summed E-state index contributed by atoms with van der Waals surface area (Å²) >= 11 is 0. The molecular formula is C25H25N5O2. The first kappa shape index (κ1) is 20.2. The van der Waals surface area contributed by atoms with Gasteiger partial charge >= 0.3 is 0 Å². The van der Waals surface area contributed by atoms with Gasteiger partial charge in [0.25, 0.3) is 5.91 Å². The molecule has 2 aliphatic rings. The number of pyridine rings is 1. The lowest BCUT2D eigenvalue weighted by molar-refractivity contribution is 0.0386. The summed E-state index contributed by atoms with van der Waals surface area (Å²) < 4.78 is 6.05. The molecular weight excluding hydrogens is 402 g/mol. The van der Waals surface area contributed by atoms with Crippen LogP contribution in [0.4, 0.5) is 5.69 Å². The Bertz CT molecular complexity index is 1200. The number of aromatic nitrogens is 1. The van der Waals surface area contributed by atoms with E-state index >= 15 is 0 Å². The summed E-state index contributed by atoms with van der Waals surface area (Å²) in [6, 6.07) is 15.5. The van der Waals surface area contributed by atoms with E-state index in [1.54, 1.807) is 6.20 Å². The minimum atomic E-state index is 0.128. The van der Waals surface area contributed by atoms with Crippen LogP contribution >= 0.6 is 0 Å². The fourth-order valence-corrected chi connectivity index (χ4v) is 4.37. The first-order valence-corrected chi connectivity index (χ1v) is 10.6. The Hall–Kier alpha value is -3.71. The molecule has 1 fully saturated rings. The SMILES string of the molecule is CNc1cc(Oc2ccnc(-c3ccc4c(c3)CN(C3CN(C)C3)C4=O)c2)ccc1C=N. The molecule has 7 nitrogen and oxygen atoms in total. The Labute approximate surface area is 187 Å². The number of carbonyl (C=O) groups is 1. The number of nitrogens with zero attached hydrogens (tertiary/aromatic N) is 3. The van der Waals surface area contributed by atoms with Crippen LogP contribution in [0.25, 0.3) is 11.3 Å². The smallest absolute Gasteiger partial charge is 0.254 e. The summed E-state index contributed by atoms with van der Waals surface area (Å²) in [5.41, 5.74) is 5.23. The van der Waals surface area contributed by atoms with Crippen molar-refractivity contribution in [1.82, 2.24) is 14.8 Å². The Morgan fingerprint density at radius 3 is 2.69 bits per heavy atom.